The molecule has 5 heterocycles. The van der Waals surface area contributed by atoms with Crippen molar-refractivity contribution in [2.45, 2.75) is 6.42 Å². The molecule has 0 saturated heterocycles. The Labute approximate surface area is 193 Å². The molecule has 162 valence electrons. The van der Waals surface area contributed by atoms with Crippen LogP contribution in [0.2, 0.25) is 0 Å². The highest BCUT2D eigenvalue weighted by molar-refractivity contribution is 7.16. The second kappa shape index (κ2) is 8.14. The predicted octanol–water partition coefficient (Wildman–Crippen LogP) is 5.24. The zero-order valence-corrected chi connectivity index (χ0v) is 18.5. The van der Waals surface area contributed by atoms with Gasteiger partial charge in [0.25, 0.3) is 5.91 Å². The molecule has 4 aromatic heterocycles. The number of fused-ring (bicyclic) bond motifs is 2. The van der Waals surface area contributed by atoms with Crippen molar-refractivity contribution in [1.29, 1.82) is 0 Å². The average molecular weight is 453 g/mol. The van der Waals surface area contributed by atoms with E-state index in [1.807, 2.05) is 28.6 Å². The summed E-state index contributed by atoms with van der Waals surface area (Å²) in [7, 11) is 0. The number of hydrogen-bond acceptors (Lipinski definition) is 6. The highest BCUT2D eigenvalue weighted by atomic mass is 32.1. The standard InChI is InChI=1S/C25H20N6OS/c32-25(17-3-8-26-9-4-17)31-11-6-16(7-12-31)22-14-19-20(5-10-27-24(19)30-22)29-18-1-2-21-23(13-18)33-15-28-21/h1-6,8-10,13-15H,7,11-12H2,(H2,27,29,30). The fourth-order valence-electron chi connectivity index (χ4n) is 4.17. The number of carbonyl (C=O) groups excluding carboxylic acids is 1. The molecule has 0 spiro atoms. The quantitative estimate of drug-likeness (QED) is 0.389. The molecule has 0 aliphatic carbocycles. The van der Waals surface area contributed by atoms with Gasteiger partial charge in [0.05, 0.1) is 21.4 Å². The Morgan fingerprint density at radius 3 is 2.82 bits per heavy atom. The van der Waals surface area contributed by atoms with Crippen molar-refractivity contribution < 1.29 is 4.79 Å². The third-order valence-corrected chi connectivity index (χ3v) is 6.70. The van der Waals surface area contributed by atoms with Crippen molar-refractivity contribution in [3.63, 3.8) is 0 Å². The van der Waals surface area contributed by atoms with E-state index in [-0.39, 0.29) is 5.91 Å². The highest BCUT2D eigenvalue weighted by Gasteiger charge is 2.20. The summed E-state index contributed by atoms with van der Waals surface area (Å²) in [4.78, 5) is 30.9. The molecule has 33 heavy (non-hydrogen) atoms. The summed E-state index contributed by atoms with van der Waals surface area (Å²) in [6.07, 6.45) is 8.01. The first-order valence-corrected chi connectivity index (χ1v) is 11.6. The van der Waals surface area contributed by atoms with Crippen LogP contribution in [-0.2, 0) is 0 Å². The second-order valence-corrected chi connectivity index (χ2v) is 8.82. The molecular formula is C25H20N6OS. The zero-order chi connectivity index (χ0) is 22.2. The maximum atomic E-state index is 12.7. The van der Waals surface area contributed by atoms with Gasteiger partial charge in [-0.25, -0.2) is 9.97 Å². The molecule has 1 aliphatic rings. The number of nitrogens with zero attached hydrogens (tertiary/aromatic N) is 4. The van der Waals surface area contributed by atoms with E-state index >= 15 is 0 Å². The molecule has 8 heteroatoms. The number of benzene rings is 1. The van der Waals surface area contributed by atoms with Crippen molar-refractivity contribution in [3.8, 4) is 0 Å². The lowest BCUT2D eigenvalue weighted by Gasteiger charge is -2.26. The summed E-state index contributed by atoms with van der Waals surface area (Å²) in [6, 6.07) is 13.8. The van der Waals surface area contributed by atoms with Crippen LogP contribution in [0, 0.1) is 0 Å². The molecular weight excluding hydrogens is 432 g/mol. The van der Waals surface area contributed by atoms with Crippen molar-refractivity contribution in [3.05, 3.63) is 83.9 Å². The number of pyridine rings is 2. The van der Waals surface area contributed by atoms with Gasteiger partial charge >= 0.3 is 0 Å². The van der Waals surface area contributed by atoms with Gasteiger partial charge in [-0.15, -0.1) is 11.3 Å². The van der Waals surface area contributed by atoms with E-state index in [4.69, 9.17) is 0 Å². The van der Waals surface area contributed by atoms with Gasteiger partial charge in [-0.2, -0.15) is 0 Å². The molecule has 1 amide bonds. The lowest BCUT2D eigenvalue weighted by molar-refractivity contribution is 0.0772. The van der Waals surface area contributed by atoms with E-state index in [0.717, 1.165) is 44.7 Å². The van der Waals surface area contributed by atoms with E-state index in [2.05, 4.69) is 43.5 Å². The largest absolute Gasteiger partial charge is 0.355 e. The number of nitrogens with one attached hydrogen (secondary N) is 2. The molecule has 0 unspecified atom stereocenters. The van der Waals surface area contributed by atoms with Crippen LogP contribution in [-0.4, -0.2) is 43.8 Å². The molecule has 0 fully saturated rings. The summed E-state index contributed by atoms with van der Waals surface area (Å²) < 4.78 is 1.15. The number of hydrogen-bond donors (Lipinski definition) is 2. The van der Waals surface area contributed by atoms with Crippen LogP contribution >= 0.6 is 11.3 Å². The van der Waals surface area contributed by atoms with E-state index in [1.54, 1.807) is 42.1 Å². The van der Waals surface area contributed by atoms with E-state index in [9.17, 15) is 4.79 Å². The molecule has 0 radical (unpaired) electrons. The minimum atomic E-state index is 0.0374. The van der Waals surface area contributed by atoms with Crippen LogP contribution in [0.15, 0.2) is 72.6 Å². The first-order chi connectivity index (χ1) is 16.2. The monoisotopic (exact) mass is 452 g/mol. The van der Waals surface area contributed by atoms with E-state index in [1.165, 1.54) is 5.57 Å². The number of anilines is 2. The lowest BCUT2D eigenvalue weighted by atomic mass is 10.0. The van der Waals surface area contributed by atoms with Crippen LogP contribution in [0.5, 0.6) is 0 Å². The number of aromatic nitrogens is 4. The first-order valence-electron chi connectivity index (χ1n) is 10.7. The lowest BCUT2D eigenvalue weighted by Crippen LogP contribution is -2.34. The molecule has 1 aromatic carbocycles. The normalized spacial score (nSPS) is 13.9. The Morgan fingerprint density at radius 1 is 1.06 bits per heavy atom. The topological polar surface area (TPSA) is 86.8 Å². The number of aromatic amines is 1. The van der Waals surface area contributed by atoms with Crippen LogP contribution in [0.3, 0.4) is 0 Å². The molecule has 5 aromatic rings. The minimum absolute atomic E-state index is 0.0374. The number of carbonyl (C=O) groups is 1. The molecule has 1 aliphatic heterocycles. The summed E-state index contributed by atoms with van der Waals surface area (Å²) in [5.41, 5.74) is 8.64. The SMILES string of the molecule is O=C(c1ccncc1)N1CC=C(c2cc3c(Nc4ccc5ncsc5c4)ccnc3[nH]2)CC1. The Bertz CT molecular complexity index is 1500. The minimum Gasteiger partial charge on any atom is -0.355 e. The van der Waals surface area contributed by atoms with Crippen molar-refractivity contribution >= 4 is 55.4 Å². The maximum Gasteiger partial charge on any atom is 0.254 e. The van der Waals surface area contributed by atoms with Gasteiger partial charge in [0.1, 0.15) is 5.65 Å². The summed E-state index contributed by atoms with van der Waals surface area (Å²) in [5.74, 6) is 0.0374. The fourth-order valence-corrected chi connectivity index (χ4v) is 4.89. The number of thiazole rings is 1. The molecule has 2 N–H and O–H groups in total. The third-order valence-electron chi connectivity index (χ3n) is 5.91. The number of amides is 1. The maximum absolute atomic E-state index is 12.7. The second-order valence-electron chi connectivity index (χ2n) is 7.93. The predicted molar refractivity (Wildman–Crippen MR) is 132 cm³/mol. The molecule has 0 atom stereocenters. The molecule has 0 saturated carbocycles. The Kier molecular flexibility index (Phi) is 4.84. The zero-order valence-electron chi connectivity index (χ0n) is 17.7. The van der Waals surface area contributed by atoms with Gasteiger partial charge in [-0.3, -0.25) is 9.78 Å². The van der Waals surface area contributed by atoms with E-state index < -0.39 is 0 Å². The van der Waals surface area contributed by atoms with Gasteiger partial charge in [0, 0.05) is 54.0 Å². The number of H-pyrrole nitrogens is 1. The van der Waals surface area contributed by atoms with Crippen molar-refractivity contribution in [1.82, 2.24) is 24.8 Å². The fraction of sp³-hybridized carbons (Fsp3) is 0.120. The van der Waals surface area contributed by atoms with Crippen molar-refractivity contribution in [2.24, 2.45) is 0 Å². The van der Waals surface area contributed by atoms with Gasteiger partial charge < -0.3 is 15.2 Å². The Balaban J connectivity index is 1.24. The highest BCUT2D eigenvalue weighted by Crippen LogP contribution is 2.31. The first kappa shape index (κ1) is 19.6. The average Bonchev–Trinajstić information content (AvgIpc) is 3.52. The summed E-state index contributed by atoms with van der Waals surface area (Å²) >= 11 is 1.63. The Hall–Kier alpha value is -4.04. The van der Waals surface area contributed by atoms with Crippen LogP contribution < -0.4 is 5.32 Å². The third kappa shape index (κ3) is 3.74. The van der Waals surface area contributed by atoms with E-state index in [0.29, 0.717) is 18.7 Å². The number of rotatable bonds is 4. The van der Waals surface area contributed by atoms with Crippen LogP contribution in [0.25, 0.3) is 26.8 Å². The Morgan fingerprint density at radius 2 is 1.97 bits per heavy atom. The van der Waals surface area contributed by atoms with Gasteiger partial charge in [-0.05, 0) is 54.5 Å². The molecule has 6 rings (SSSR count). The van der Waals surface area contributed by atoms with Gasteiger partial charge in [0.15, 0.2) is 0 Å². The summed E-state index contributed by atoms with van der Waals surface area (Å²) in [6.45, 7) is 1.26. The smallest absolute Gasteiger partial charge is 0.254 e. The van der Waals surface area contributed by atoms with Gasteiger partial charge in [0.2, 0.25) is 0 Å². The van der Waals surface area contributed by atoms with Crippen LogP contribution in [0.1, 0.15) is 22.5 Å². The summed E-state index contributed by atoms with van der Waals surface area (Å²) in [5, 5.41) is 4.56. The van der Waals surface area contributed by atoms with Crippen LogP contribution in [0.4, 0.5) is 11.4 Å². The van der Waals surface area contributed by atoms with Crippen molar-refractivity contribution in [2.75, 3.05) is 18.4 Å². The molecule has 0 bridgehead atoms. The van der Waals surface area contributed by atoms with Gasteiger partial charge in [-0.1, -0.05) is 6.08 Å². The molecule has 7 nitrogen and oxygen atoms in total.